The van der Waals surface area contributed by atoms with Crippen molar-refractivity contribution in [3.63, 3.8) is 0 Å². The lowest BCUT2D eigenvalue weighted by molar-refractivity contribution is 0.778. The van der Waals surface area contributed by atoms with E-state index in [2.05, 4.69) is 32.6 Å². The van der Waals surface area contributed by atoms with Crippen LogP contribution in [0.1, 0.15) is 38.8 Å². The number of anilines is 1. The third-order valence-corrected chi connectivity index (χ3v) is 3.51. The molecule has 102 valence electrons. The SMILES string of the molecule is CCCNc1nnc(-c2cc(C(C)C)n[nH]c2=O)s1. The van der Waals surface area contributed by atoms with Crippen LogP contribution >= 0.6 is 11.3 Å². The minimum absolute atomic E-state index is 0.234. The Labute approximate surface area is 115 Å². The van der Waals surface area contributed by atoms with E-state index in [9.17, 15) is 4.79 Å². The minimum Gasteiger partial charge on any atom is -0.360 e. The highest BCUT2D eigenvalue weighted by Gasteiger charge is 2.13. The fourth-order valence-electron chi connectivity index (χ4n) is 1.51. The van der Waals surface area contributed by atoms with Crippen LogP contribution in [-0.2, 0) is 0 Å². The Morgan fingerprint density at radius 2 is 2.21 bits per heavy atom. The molecule has 0 aliphatic rings. The second-order valence-corrected chi connectivity index (χ2v) is 5.51. The monoisotopic (exact) mass is 279 g/mol. The van der Waals surface area contributed by atoms with Gasteiger partial charge in [0.2, 0.25) is 5.13 Å². The van der Waals surface area contributed by atoms with Crippen LogP contribution in [0.2, 0.25) is 0 Å². The maximum absolute atomic E-state index is 11.8. The van der Waals surface area contributed by atoms with Crippen LogP contribution < -0.4 is 10.9 Å². The Morgan fingerprint density at radius 3 is 2.89 bits per heavy atom. The molecule has 2 N–H and O–H groups in total. The molecule has 7 heteroatoms. The van der Waals surface area contributed by atoms with Gasteiger partial charge in [-0.15, -0.1) is 10.2 Å². The van der Waals surface area contributed by atoms with Crippen molar-refractivity contribution in [3.05, 3.63) is 22.1 Å². The summed E-state index contributed by atoms with van der Waals surface area (Å²) >= 11 is 1.38. The van der Waals surface area contributed by atoms with Crippen LogP contribution in [0.4, 0.5) is 5.13 Å². The smallest absolute Gasteiger partial charge is 0.274 e. The Balaban J connectivity index is 2.32. The van der Waals surface area contributed by atoms with Crippen LogP contribution in [-0.4, -0.2) is 26.9 Å². The van der Waals surface area contributed by atoms with E-state index in [-0.39, 0.29) is 11.5 Å². The van der Waals surface area contributed by atoms with E-state index in [4.69, 9.17) is 0 Å². The van der Waals surface area contributed by atoms with Crippen molar-refractivity contribution < 1.29 is 0 Å². The van der Waals surface area contributed by atoms with Crippen LogP contribution in [0, 0.1) is 0 Å². The van der Waals surface area contributed by atoms with Gasteiger partial charge in [0.1, 0.15) is 0 Å². The molecule has 2 rings (SSSR count). The average Bonchev–Trinajstić information content (AvgIpc) is 2.85. The summed E-state index contributed by atoms with van der Waals surface area (Å²) in [5, 5.41) is 19.1. The predicted molar refractivity (Wildman–Crippen MR) is 76.6 cm³/mol. The van der Waals surface area contributed by atoms with Gasteiger partial charge in [-0.1, -0.05) is 32.1 Å². The molecule has 0 amide bonds. The second-order valence-electron chi connectivity index (χ2n) is 4.53. The molecule has 0 fully saturated rings. The molecule has 0 aliphatic heterocycles. The largest absolute Gasteiger partial charge is 0.360 e. The van der Waals surface area contributed by atoms with E-state index >= 15 is 0 Å². The molecule has 0 saturated heterocycles. The second kappa shape index (κ2) is 5.92. The number of rotatable bonds is 5. The van der Waals surface area contributed by atoms with Crippen LogP contribution in [0.3, 0.4) is 0 Å². The molecule has 19 heavy (non-hydrogen) atoms. The van der Waals surface area contributed by atoms with Gasteiger partial charge < -0.3 is 5.32 Å². The van der Waals surface area contributed by atoms with Gasteiger partial charge in [-0.05, 0) is 18.4 Å². The Bertz CT molecular complexity index is 604. The summed E-state index contributed by atoms with van der Waals surface area (Å²) in [5.74, 6) is 0.251. The van der Waals surface area contributed by atoms with Crippen molar-refractivity contribution in [3.8, 4) is 10.6 Å². The van der Waals surface area contributed by atoms with Gasteiger partial charge in [0.15, 0.2) is 5.01 Å². The average molecular weight is 279 g/mol. The number of hydrogen-bond donors (Lipinski definition) is 2. The summed E-state index contributed by atoms with van der Waals surface area (Å²) in [5.41, 5.74) is 1.14. The molecule has 2 aromatic rings. The van der Waals surface area contributed by atoms with E-state index in [0.717, 1.165) is 23.8 Å². The van der Waals surface area contributed by atoms with Gasteiger partial charge in [0.25, 0.3) is 5.56 Å². The first kappa shape index (κ1) is 13.7. The van der Waals surface area contributed by atoms with Crippen molar-refractivity contribution >= 4 is 16.5 Å². The molecule has 0 spiro atoms. The lowest BCUT2D eigenvalue weighted by atomic mass is 10.1. The quantitative estimate of drug-likeness (QED) is 0.877. The highest BCUT2D eigenvalue weighted by Crippen LogP contribution is 2.25. The molecule has 0 bridgehead atoms. The Morgan fingerprint density at radius 1 is 1.42 bits per heavy atom. The normalized spacial score (nSPS) is 10.9. The minimum atomic E-state index is -0.234. The van der Waals surface area contributed by atoms with E-state index in [0.29, 0.717) is 10.6 Å². The van der Waals surface area contributed by atoms with E-state index in [1.165, 1.54) is 11.3 Å². The number of aromatic nitrogens is 4. The van der Waals surface area contributed by atoms with E-state index in [1.54, 1.807) is 6.07 Å². The van der Waals surface area contributed by atoms with Gasteiger partial charge in [-0.3, -0.25) is 4.79 Å². The summed E-state index contributed by atoms with van der Waals surface area (Å²) < 4.78 is 0. The van der Waals surface area contributed by atoms with Crippen molar-refractivity contribution in [1.29, 1.82) is 0 Å². The molecular formula is C12H17N5OS. The van der Waals surface area contributed by atoms with Crippen molar-refractivity contribution in [2.45, 2.75) is 33.1 Å². The predicted octanol–water partition coefficient (Wildman–Crippen LogP) is 2.23. The fraction of sp³-hybridized carbons (Fsp3) is 0.500. The Hall–Kier alpha value is -1.76. The Kier molecular flexibility index (Phi) is 4.26. The maximum Gasteiger partial charge on any atom is 0.274 e. The van der Waals surface area contributed by atoms with E-state index < -0.39 is 0 Å². The lowest BCUT2D eigenvalue weighted by Crippen LogP contribution is -2.13. The summed E-state index contributed by atoms with van der Waals surface area (Å²) in [7, 11) is 0. The van der Waals surface area contributed by atoms with Gasteiger partial charge in [-0.2, -0.15) is 5.10 Å². The molecular weight excluding hydrogens is 262 g/mol. The lowest BCUT2D eigenvalue weighted by Gasteiger charge is -2.03. The number of nitrogens with zero attached hydrogens (tertiary/aromatic N) is 3. The summed E-state index contributed by atoms with van der Waals surface area (Å²) in [4.78, 5) is 11.8. The number of aromatic amines is 1. The molecule has 0 unspecified atom stereocenters. The zero-order chi connectivity index (χ0) is 13.8. The number of hydrogen-bond acceptors (Lipinski definition) is 6. The molecule has 0 atom stereocenters. The topological polar surface area (TPSA) is 83.6 Å². The van der Waals surface area contributed by atoms with Crippen LogP contribution in [0.25, 0.3) is 10.6 Å². The first-order chi connectivity index (χ1) is 9.11. The van der Waals surface area contributed by atoms with Crippen molar-refractivity contribution in [2.75, 3.05) is 11.9 Å². The third-order valence-electron chi connectivity index (χ3n) is 2.60. The first-order valence-corrected chi connectivity index (χ1v) is 7.10. The summed E-state index contributed by atoms with van der Waals surface area (Å²) in [6.07, 6.45) is 1.02. The zero-order valence-electron chi connectivity index (χ0n) is 11.2. The van der Waals surface area contributed by atoms with E-state index in [1.807, 2.05) is 13.8 Å². The van der Waals surface area contributed by atoms with Crippen molar-refractivity contribution in [1.82, 2.24) is 20.4 Å². The maximum atomic E-state index is 11.8. The summed E-state index contributed by atoms with van der Waals surface area (Å²) in [6, 6.07) is 1.79. The fourth-order valence-corrected chi connectivity index (χ4v) is 2.29. The highest BCUT2D eigenvalue weighted by atomic mass is 32.1. The molecule has 2 heterocycles. The third kappa shape index (κ3) is 3.17. The standard InChI is InChI=1S/C12H17N5OS/c1-4-5-13-12-17-16-11(19-12)8-6-9(7(2)3)14-15-10(8)18/h6-7H,4-5H2,1-3H3,(H,13,17)(H,15,18). The number of nitrogens with one attached hydrogen (secondary N) is 2. The van der Waals surface area contributed by atoms with Crippen LogP contribution in [0.5, 0.6) is 0 Å². The van der Waals surface area contributed by atoms with Gasteiger partial charge >= 0.3 is 0 Å². The molecule has 0 aliphatic carbocycles. The molecule has 2 aromatic heterocycles. The van der Waals surface area contributed by atoms with Gasteiger partial charge in [0, 0.05) is 6.54 Å². The first-order valence-electron chi connectivity index (χ1n) is 6.29. The van der Waals surface area contributed by atoms with Crippen LogP contribution in [0.15, 0.2) is 10.9 Å². The molecule has 0 aromatic carbocycles. The summed E-state index contributed by atoms with van der Waals surface area (Å²) in [6.45, 7) is 6.98. The van der Waals surface area contributed by atoms with Crippen molar-refractivity contribution in [2.24, 2.45) is 0 Å². The van der Waals surface area contributed by atoms with Gasteiger partial charge in [0.05, 0.1) is 11.3 Å². The number of H-pyrrole nitrogens is 1. The zero-order valence-corrected chi connectivity index (χ0v) is 12.0. The molecule has 0 radical (unpaired) electrons. The molecule has 6 nitrogen and oxygen atoms in total. The molecule has 0 saturated carbocycles. The highest BCUT2D eigenvalue weighted by molar-refractivity contribution is 7.18. The van der Waals surface area contributed by atoms with Gasteiger partial charge in [-0.25, -0.2) is 5.10 Å².